The number of hydrogen-bond donors (Lipinski definition) is 1. The van der Waals surface area contributed by atoms with Gasteiger partial charge in [-0.1, -0.05) is 31.4 Å². The number of nitrogens with one attached hydrogen (secondary N) is 1. The van der Waals surface area contributed by atoms with E-state index in [-0.39, 0.29) is 11.8 Å². The van der Waals surface area contributed by atoms with Gasteiger partial charge in [0, 0.05) is 32.2 Å². The lowest BCUT2D eigenvalue weighted by Crippen LogP contribution is -2.32. The first kappa shape index (κ1) is 15.9. The van der Waals surface area contributed by atoms with Crippen LogP contribution in [0.25, 0.3) is 0 Å². The van der Waals surface area contributed by atoms with Crippen molar-refractivity contribution in [3.63, 3.8) is 0 Å². The van der Waals surface area contributed by atoms with E-state index in [1.54, 1.807) is 0 Å². The van der Waals surface area contributed by atoms with Gasteiger partial charge in [0.25, 0.3) is 0 Å². The molecule has 0 saturated heterocycles. The molecule has 0 heterocycles. The SMILES string of the molecule is CN(C)c1ccc(CCCNC(=O)C2CCCCC2)cc1. The van der Waals surface area contributed by atoms with Crippen LogP contribution in [0.2, 0.25) is 0 Å². The van der Waals surface area contributed by atoms with Crippen LogP contribution in [0.5, 0.6) is 0 Å². The van der Waals surface area contributed by atoms with Crippen LogP contribution in [0.1, 0.15) is 44.1 Å². The number of anilines is 1. The van der Waals surface area contributed by atoms with Gasteiger partial charge in [0.05, 0.1) is 0 Å². The van der Waals surface area contributed by atoms with E-state index in [1.807, 2.05) is 0 Å². The van der Waals surface area contributed by atoms with Crippen LogP contribution in [0, 0.1) is 5.92 Å². The number of hydrogen-bond acceptors (Lipinski definition) is 2. The van der Waals surface area contributed by atoms with Crippen molar-refractivity contribution in [2.45, 2.75) is 44.9 Å². The van der Waals surface area contributed by atoms with Crippen molar-refractivity contribution in [3.8, 4) is 0 Å². The highest BCUT2D eigenvalue weighted by Crippen LogP contribution is 2.23. The molecule has 21 heavy (non-hydrogen) atoms. The average Bonchev–Trinajstić information content (AvgIpc) is 2.52. The van der Waals surface area contributed by atoms with E-state index in [9.17, 15) is 4.79 Å². The first-order valence-corrected chi connectivity index (χ1v) is 8.21. The van der Waals surface area contributed by atoms with Crippen molar-refractivity contribution in [3.05, 3.63) is 29.8 Å². The van der Waals surface area contributed by atoms with Gasteiger partial charge >= 0.3 is 0 Å². The third-order valence-corrected chi connectivity index (χ3v) is 4.37. The lowest BCUT2D eigenvalue weighted by atomic mass is 9.88. The van der Waals surface area contributed by atoms with Gasteiger partial charge < -0.3 is 10.2 Å². The molecule has 1 aromatic rings. The molecule has 2 rings (SSSR count). The first-order valence-electron chi connectivity index (χ1n) is 8.21. The Labute approximate surface area is 128 Å². The zero-order valence-corrected chi connectivity index (χ0v) is 13.4. The third-order valence-electron chi connectivity index (χ3n) is 4.37. The molecule has 1 aliphatic carbocycles. The van der Waals surface area contributed by atoms with Gasteiger partial charge in [-0.05, 0) is 43.4 Å². The first-order chi connectivity index (χ1) is 10.2. The number of carbonyl (C=O) groups excluding carboxylic acids is 1. The highest BCUT2D eigenvalue weighted by molar-refractivity contribution is 5.78. The molecule has 1 amide bonds. The summed E-state index contributed by atoms with van der Waals surface area (Å²) in [6.07, 6.45) is 7.94. The number of amides is 1. The maximum Gasteiger partial charge on any atom is 0.223 e. The maximum absolute atomic E-state index is 12.0. The molecule has 1 aliphatic rings. The average molecular weight is 288 g/mol. The zero-order chi connectivity index (χ0) is 15.1. The zero-order valence-electron chi connectivity index (χ0n) is 13.4. The van der Waals surface area contributed by atoms with Crippen LogP contribution in [0.3, 0.4) is 0 Å². The summed E-state index contributed by atoms with van der Waals surface area (Å²) in [5.41, 5.74) is 2.57. The molecule has 0 atom stereocenters. The minimum atomic E-state index is 0.276. The van der Waals surface area contributed by atoms with E-state index in [0.29, 0.717) is 0 Å². The van der Waals surface area contributed by atoms with Gasteiger partial charge in [0.1, 0.15) is 0 Å². The predicted molar refractivity (Wildman–Crippen MR) is 88.7 cm³/mol. The Hall–Kier alpha value is -1.51. The van der Waals surface area contributed by atoms with Crippen LogP contribution in [0.15, 0.2) is 24.3 Å². The second-order valence-corrected chi connectivity index (χ2v) is 6.29. The molecule has 3 nitrogen and oxygen atoms in total. The van der Waals surface area contributed by atoms with Crippen molar-refractivity contribution in [2.75, 3.05) is 25.5 Å². The summed E-state index contributed by atoms with van der Waals surface area (Å²) in [5.74, 6) is 0.552. The van der Waals surface area contributed by atoms with Crippen molar-refractivity contribution in [1.29, 1.82) is 0 Å². The molecule has 0 aliphatic heterocycles. The standard InChI is InChI=1S/C18H28N2O/c1-20(2)17-12-10-15(11-13-17)7-6-14-19-18(21)16-8-4-3-5-9-16/h10-13,16H,3-9,14H2,1-2H3,(H,19,21). The fraction of sp³-hybridized carbons (Fsp3) is 0.611. The summed E-state index contributed by atoms with van der Waals surface area (Å²) >= 11 is 0. The summed E-state index contributed by atoms with van der Waals surface area (Å²) in [6.45, 7) is 0.796. The van der Waals surface area contributed by atoms with E-state index in [0.717, 1.165) is 32.2 Å². The molecule has 1 aromatic carbocycles. The Balaban J connectivity index is 1.66. The fourth-order valence-corrected chi connectivity index (χ4v) is 2.97. The fourth-order valence-electron chi connectivity index (χ4n) is 2.97. The van der Waals surface area contributed by atoms with Crippen LogP contribution in [-0.2, 0) is 11.2 Å². The van der Waals surface area contributed by atoms with Gasteiger partial charge in [-0.15, -0.1) is 0 Å². The summed E-state index contributed by atoms with van der Waals surface area (Å²) in [4.78, 5) is 14.1. The van der Waals surface area contributed by atoms with Crippen molar-refractivity contribution in [1.82, 2.24) is 5.32 Å². The van der Waals surface area contributed by atoms with Crippen LogP contribution in [-0.4, -0.2) is 26.5 Å². The Morgan fingerprint density at radius 1 is 1.14 bits per heavy atom. The summed E-state index contributed by atoms with van der Waals surface area (Å²) in [7, 11) is 4.10. The molecule has 1 fully saturated rings. The monoisotopic (exact) mass is 288 g/mol. The quantitative estimate of drug-likeness (QED) is 0.814. The number of carbonyl (C=O) groups is 1. The molecule has 0 radical (unpaired) electrons. The van der Waals surface area contributed by atoms with E-state index in [4.69, 9.17) is 0 Å². The lowest BCUT2D eigenvalue weighted by molar-refractivity contribution is -0.125. The van der Waals surface area contributed by atoms with Gasteiger partial charge in [-0.3, -0.25) is 4.79 Å². The Bertz CT molecular complexity index is 433. The third kappa shape index (κ3) is 5.07. The van der Waals surface area contributed by atoms with Crippen molar-refractivity contribution in [2.24, 2.45) is 5.92 Å². The van der Waals surface area contributed by atoms with Gasteiger partial charge in [0.15, 0.2) is 0 Å². The van der Waals surface area contributed by atoms with E-state index in [2.05, 4.69) is 48.6 Å². The maximum atomic E-state index is 12.0. The topological polar surface area (TPSA) is 32.3 Å². The molecular weight excluding hydrogens is 260 g/mol. The normalized spacial score (nSPS) is 15.7. The molecule has 0 unspecified atom stereocenters. The van der Waals surface area contributed by atoms with Gasteiger partial charge in [0.2, 0.25) is 5.91 Å². The molecule has 0 aromatic heterocycles. The number of aryl methyl sites for hydroxylation is 1. The number of rotatable bonds is 6. The molecule has 3 heteroatoms. The van der Waals surface area contributed by atoms with E-state index in [1.165, 1.54) is 30.5 Å². The van der Waals surface area contributed by atoms with Crippen LogP contribution >= 0.6 is 0 Å². The van der Waals surface area contributed by atoms with Gasteiger partial charge in [-0.2, -0.15) is 0 Å². The van der Waals surface area contributed by atoms with Crippen molar-refractivity contribution < 1.29 is 4.79 Å². The minimum absolute atomic E-state index is 0.276. The summed E-state index contributed by atoms with van der Waals surface area (Å²) in [5, 5.41) is 3.11. The highest BCUT2D eigenvalue weighted by atomic mass is 16.1. The second kappa shape index (κ2) is 8.06. The van der Waals surface area contributed by atoms with Crippen LogP contribution < -0.4 is 10.2 Å². The molecule has 1 saturated carbocycles. The van der Waals surface area contributed by atoms with E-state index >= 15 is 0 Å². The number of benzene rings is 1. The predicted octanol–water partition coefficient (Wildman–Crippen LogP) is 3.38. The molecule has 116 valence electrons. The molecule has 1 N–H and O–H groups in total. The lowest BCUT2D eigenvalue weighted by Gasteiger charge is -2.20. The Morgan fingerprint density at radius 2 is 1.81 bits per heavy atom. The molecule has 0 bridgehead atoms. The highest BCUT2D eigenvalue weighted by Gasteiger charge is 2.20. The van der Waals surface area contributed by atoms with Gasteiger partial charge in [-0.25, -0.2) is 0 Å². The number of nitrogens with zero attached hydrogens (tertiary/aromatic N) is 1. The Morgan fingerprint density at radius 3 is 2.43 bits per heavy atom. The summed E-state index contributed by atoms with van der Waals surface area (Å²) < 4.78 is 0. The summed E-state index contributed by atoms with van der Waals surface area (Å²) in [6, 6.07) is 8.66. The minimum Gasteiger partial charge on any atom is -0.378 e. The molecule has 0 spiro atoms. The smallest absolute Gasteiger partial charge is 0.223 e. The second-order valence-electron chi connectivity index (χ2n) is 6.29. The Kier molecular flexibility index (Phi) is 6.09. The largest absolute Gasteiger partial charge is 0.378 e. The van der Waals surface area contributed by atoms with Crippen LogP contribution in [0.4, 0.5) is 5.69 Å². The van der Waals surface area contributed by atoms with E-state index < -0.39 is 0 Å². The molecular formula is C18H28N2O. The van der Waals surface area contributed by atoms with Crippen molar-refractivity contribution >= 4 is 11.6 Å².